The Morgan fingerprint density at radius 1 is 1.20 bits per heavy atom. The van der Waals surface area contributed by atoms with Gasteiger partial charge in [-0.1, -0.05) is 45.8 Å². The second-order valence-electron chi connectivity index (χ2n) is 9.59. The summed E-state index contributed by atoms with van der Waals surface area (Å²) >= 11 is 0. The molecule has 4 atom stereocenters. The number of esters is 1. The molecule has 0 N–H and O–H groups in total. The Morgan fingerprint density at radius 2 is 1.88 bits per heavy atom. The summed E-state index contributed by atoms with van der Waals surface area (Å²) in [7, 11) is 0. The van der Waals surface area contributed by atoms with Gasteiger partial charge >= 0.3 is 5.97 Å². The van der Waals surface area contributed by atoms with Gasteiger partial charge < -0.3 is 4.74 Å². The third kappa shape index (κ3) is 2.80. The topological polar surface area (TPSA) is 43.4 Å². The third-order valence-corrected chi connectivity index (χ3v) is 7.47. The maximum Gasteiger partial charge on any atom is 0.302 e. The normalized spacial score (nSPS) is 40.1. The lowest BCUT2D eigenvalue weighted by Gasteiger charge is -2.57. The average Bonchev–Trinajstić information content (AvgIpc) is 2.51. The number of Topliss-reactive ketones (excluding diaryl/α,β-unsaturated/α-hetero) is 1. The van der Waals surface area contributed by atoms with E-state index in [0.29, 0.717) is 31.0 Å². The number of ether oxygens (including phenoxy) is 1. The highest BCUT2D eigenvalue weighted by Gasteiger charge is 2.56. The molecule has 0 amide bonds. The van der Waals surface area contributed by atoms with E-state index in [-0.39, 0.29) is 28.3 Å². The molecule has 0 spiro atoms. The molecule has 0 aromatic carbocycles. The highest BCUT2D eigenvalue weighted by atomic mass is 16.5. The first-order valence-corrected chi connectivity index (χ1v) is 9.60. The average molecular weight is 344 g/mol. The minimum atomic E-state index is -0.368. The van der Waals surface area contributed by atoms with Gasteiger partial charge in [0.1, 0.15) is 6.10 Å². The minimum Gasteiger partial charge on any atom is -0.461 e. The molecule has 3 rings (SSSR count). The van der Waals surface area contributed by atoms with Gasteiger partial charge in [0.25, 0.3) is 0 Å². The molecule has 3 nitrogen and oxygen atoms in total. The standard InChI is InChI=1S/C22H32O3/c1-7-21(5)13-15-16(11-19(21)25-14(2)23)22(6)10-8-9-20(3,4)18(22)12-17(15)24/h7,18-19H,1,8-13H2,2-6H3/t18-,19+,21+,22+/m0/s1. The molecule has 0 bridgehead atoms. The summed E-state index contributed by atoms with van der Waals surface area (Å²) in [6.45, 7) is 14.5. The lowest BCUT2D eigenvalue weighted by Crippen LogP contribution is -2.51. The van der Waals surface area contributed by atoms with Crippen molar-refractivity contribution >= 4 is 11.8 Å². The van der Waals surface area contributed by atoms with Crippen LogP contribution in [0.25, 0.3) is 0 Å². The number of hydrogen-bond donors (Lipinski definition) is 0. The second kappa shape index (κ2) is 5.82. The maximum atomic E-state index is 13.0. The van der Waals surface area contributed by atoms with E-state index in [1.165, 1.54) is 25.3 Å². The van der Waals surface area contributed by atoms with Gasteiger partial charge in [0.15, 0.2) is 5.78 Å². The first-order chi connectivity index (χ1) is 11.5. The number of fused-ring (bicyclic) bond motifs is 2. The number of carbonyl (C=O) groups is 2. The van der Waals surface area contributed by atoms with Crippen LogP contribution in [0.2, 0.25) is 0 Å². The van der Waals surface area contributed by atoms with Crippen LogP contribution in [0.1, 0.15) is 73.1 Å². The van der Waals surface area contributed by atoms with Crippen LogP contribution in [0, 0.1) is 22.2 Å². The number of allylic oxidation sites excluding steroid dienone is 1. The zero-order valence-corrected chi connectivity index (χ0v) is 16.4. The van der Waals surface area contributed by atoms with Crippen LogP contribution in [0.3, 0.4) is 0 Å². The van der Waals surface area contributed by atoms with Gasteiger partial charge in [0.2, 0.25) is 0 Å². The van der Waals surface area contributed by atoms with Crippen LogP contribution in [0.5, 0.6) is 0 Å². The Morgan fingerprint density at radius 3 is 2.48 bits per heavy atom. The van der Waals surface area contributed by atoms with Gasteiger partial charge in [0, 0.05) is 25.2 Å². The molecule has 0 heterocycles. The monoisotopic (exact) mass is 344 g/mol. The summed E-state index contributed by atoms with van der Waals surface area (Å²) in [5.41, 5.74) is 2.13. The number of hydrogen-bond acceptors (Lipinski definition) is 3. The van der Waals surface area contributed by atoms with Gasteiger partial charge in [-0.3, -0.25) is 9.59 Å². The first-order valence-electron chi connectivity index (χ1n) is 9.60. The SMILES string of the molecule is C=C[C@]1(C)CC2=C(C[C@H]1OC(C)=O)[C@@]1(C)CCCC(C)(C)[C@@H]1CC2=O. The number of carbonyl (C=O) groups excluding carboxylic acids is 2. The van der Waals surface area contributed by atoms with E-state index >= 15 is 0 Å². The molecule has 1 fully saturated rings. The maximum absolute atomic E-state index is 13.0. The lowest BCUT2D eigenvalue weighted by atomic mass is 9.47. The van der Waals surface area contributed by atoms with Crippen LogP contribution in [-0.4, -0.2) is 17.9 Å². The summed E-state index contributed by atoms with van der Waals surface area (Å²) in [6.07, 6.45) is 7.13. The van der Waals surface area contributed by atoms with Crippen LogP contribution in [0.4, 0.5) is 0 Å². The van der Waals surface area contributed by atoms with Crippen LogP contribution in [-0.2, 0) is 14.3 Å². The fourth-order valence-electron chi connectivity index (χ4n) is 5.86. The molecule has 3 heteroatoms. The number of rotatable bonds is 2. The highest BCUT2D eigenvalue weighted by Crippen LogP contribution is 2.62. The molecule has 1 saturated carbocycles. The fraction of sp³-hybridized carbons (Fsp3) is 0.727. The van der Waals surface area contributed by atoms with E-state index in [1.807, 2.05) is 6.08 Å². The minimum absolute atomic E-state index is 0.0475. The van der Waals surface area contributed by atoms with Crippen LogP contribution >= 0.6 is 0 Å². The predicted octanol–water partition coefficient (Wildman–Crippen LogP) is 5.01. The van der Waals surface area contributed by atoms with Crippen molar-refractivity contribution in [3.8, 4) is 0 Å². The Kier molecular flexibility index (Phi) is 4.29. The zero-order valence-electron chi connectivity index (χ0n) is 16.4. The van der Waals surface area contributed by atoms with Crippen LogP contribution in [0.15, 0.2) is 23.8 Å². The smallest absolute Gasteiger partial charge is 0.302 e. The molecule has 25 heavy (non-hydrogen) atoms. The van der Waals surface area contributed by atoms with Crippen molar-refractivity contribution in [2.24, 2.45) is 22.2 Å². The summed E-state index contributed by atoms with van der Waals surface area (Å²) < 4.78 is 5.70. The molecular formula is C22H32O3. The van der Waals surface area contributed by atoms with Crippen molar-refractivity contribution in [3.63, 3.8) is 0 Å². The van der Waals surface area contributed by atoms with Crippen molar-refractivity contribution in [2.75, 3.05) is 0 Å². The molecule has 138 valence electrons. The van der Waals surface area contributed by atoms with Crippen LogP contribution < -0.4 is 0 Å². The predicted molar refractivity (Wildman–Crippen MR) is 99.0 cm³/mol. The Labute approximate surface area is 151 Å². The van der Waals surface area contributed by atoms with Gasteiger partial charge in [-0.05, 0) is 41.6 Å². The van der Waals surface area contributed by atoms with Crippen molar-refractivity contribution in [3.05, 3.63) is 23.8 Å². The molecule has 3 aliphatic carbocycles. The summed E-state index contributed by atoms with van der Waals surface area (Å²) in [4.78, 5) is 24.7. The summed E-state index contributed by atoms with van der Waals surface area (Å²) in [5, 5.41) is 0. The van der Waals surface area contributed by atoms with E-state index < -0.39 is 0 Å². The molecule has 0 radical (unpaired) electrons. The van der Waals surface area contributed by atoms with Gasteiger partial charge in [0.05, 0.1) is 0 Å². The molecular weight excluding hydrogens is 312 g/mol. The van der Waals surface area contributed by atoms with E-state index in [1.54, 1.807) is 0 Å². The summed E-state index contributed by atoms with van der Waals surface area (Å²) in [6, 6.07) is 0. The second-order valence-corrected chi connectivity index (χ2v) is 9.59. The quantitative estimate of drug-likeness (QED) is 0.522. The van der Waals surface area contributed by atoms with Gasteiger partial charge in [-0.25, -0.2) is 0 Å². The molecule has 0 saturated heterocycles. The Balaban J connectivity index is 2.08. The third-order valence-electron chi connectivity index (χ3n) is 7.47. The highest BCUT2D eigenvalue weighted by molar-refractivity contribution is 5.98. The largest absolute Gasteiger partial charge is 0.461 e. The molecule has 0 unspecified atom stereocenters. The van der Waals surface area contributed by atoms with E-state index in [0.717, 1.165) is 12.0 Å². The first kappa shape index (κ1) is 18.4. The van der Waals surface area contributed by atoms with E-state index in [4.69, 9.17) is 4.74 Å². The van der Waals surface area contributed by atoms with Crippen molar-refractivity contribution in [1.29, 1.82) is 0 Å². The summed E-state index contributed by atoms with van der Waals surface area (Å²) in [5.74, 6) is 0.433. The molecule has 0 aliphatic heterocycles. The Hall–Kier alpha value is -1.38. The van der Waals surface area contributed by atoms with Gasteiger partial charge in [-0.2, -0.15) is 0 Å². The molecule has 3 aliphatic rings. The zero-order chi connectivity index (χ0) is 18.6. The van der Waals surface area contributed by atoms with Gasteiger partial charge in [-0.15, -0.1) is 6.58 Å². The number of ketones is 1. The molecule has 0 aromatic rings. The van der Waals surface area contributed by atoms with Crippen molar-refractivity contribution in [2.45, 2.75) is 79.2 Å². The fourth-order valence-corrected chi connectivity index (χ4v) is 5.86. The lowest BCUT2D eigenvalue weighted by molar-refractivity contribution is -0.152. The Bertz CT molecular complexity index is 656. The van der Waals surface area contributed by atoms with Crippen molar-refractivity contribution < 1.29 is 14.3 Å². The van der Waals surface area contributed by atoms with Crippen molar-refractivity contribution in [1.82, 2.24) is 0 Å². The van der Waals surface area contributed by atoms with E-state index in [9.17, 15) is 9.59 Å². The van der Waals surface area contributed by atoms with E-state index in [2.05, 4.69) is 34.3 Å². The molecule has 0 aromatic heterocycles.